The number of aromatic nitrogens is 1. The maximum Gasteiger partial charge on any atom is 1.00 e. The Labute approximate surface area is 184 Å². The quantitative estimate of drug-likeness (QED) is 0.626. The molecule has 0 saturated carbocycles. The zero-order valence-corrected chi connectivity index (χ0v) is 16.7. The van der Waals surface area contributed by atoms with E-state index in [4.69, 9.17) is 25.8 Å². The van der Waals surface area contributed by atoms with Gasteiger partial charge >= 0.3 is 24.8 Å². The Bertz CT molecular complexity index is 1050. The summed E-state index contributed by atoms with van der Waals surface area (Å²) in [5, 5.41) is 9.73. The van der Waals surface area contributed by atoms with E-state index >= 15 is 0 Å². The summed E-state index contributed by atoms with van der Waals surface area (Å²) in [7, 11) is 2.87. The average Bonchev–Trinajstić information content (AvgIpc) is 2.69. The summed E-state index contributed by atoms with van der Waals surface area (Å²) in [5.41, 5.74) is 0.229. The van der Waals surface area contributed by atoms with E-state index in [1.54, 1.807) is 30.3 Å². The Morgan fingerprint density at radius 3 is 2.48 bits per heavy atom. The number of rotatable bonds is 6. The third-order valence-corrected chi connectivity index (χ3v) is 4.14. The first kappa shape index (κ1) is 22.6. The van der Waals surface area contributed by atoms with Crippen LogP contribution in [-0.4, -0.2) is 30.3 Å². The summed E-state index contributed by atoms with van der Waals surface area (Å²) >= 11 is 5.96. The van der Waals surface area contributed by atoms with Crippen LogP contribution in [0.1, 0.15) is 11.8 Å². The van der Waals surface area contributed by atoms with Gasteiger partial charge in [-0.05, 0) is 30.3 Å². The number of benzene rings is 2. The van der Waals surface area contributed by atoms with Gasteiger partial charge in [-0.25, -0.2) is 14.2 Å². The largest absolute Gasteiger partial charge is 1.00 e. The molecule has 0 amide bonds. The third kappa shape index (κ3) is 4.83. The molecule has 0 aliphatic heterocycles. The number of pyridine rings is 1. The summed E-state index contributed by atoms with van der Waals surface area (Å²) in [4.78, 5) is 15.5. The van der Waals surface area contributed by atoms with Crippen LogP contribution in [0.25, 0.3) is 11.1 Å². The smallest absolute Gasteiger partial charge is 1.00 e. The molecule has 3 rings (SSSR count). The summed E-state index contributed by atoms with van der Waals surface area (Å²) in [6.07, 6.45) is 1.52. The van der Waals surface area contributed by atoms with Crippen molar-refractivity contribution in [2.45, 2.75) is 0 Å². The number of hydrogen-bond donors (Lipinski definition) is 1. The molecule has 2 aromatic carbocycles. The van der Waals surface area contributed by atoms with Crippen LogP contribution in [0.3, 0.4) is 0 Å². The number of methoxy groups -OCH3 is 2. The Balaban J connectivity index is 0.00000225. The maximum absolute atomic E-state index is 14.4. The first-order valence-corrected chi connectivity index (χ1v) is 8.40. The molecule has 29 heavy (non-hydrogen) atoms. The number of aromatic carboxylic acids is 1. The number of carbonyl (C=O) groups is 1. The predicted molar refractivity (Wildman–Crippen MR) is 102 cm³/mol. The van der Waals surface area contributed by atoms with E-state index in [0.29, 0.717) is 21.9 Å². The monoisotopic (exact) mass is 411 g/mol. The van der Waals surface area contributed by atoms with Gasteiger partial charge in [-0.15, -0.1) is 0 Å². The summed E-state index contributed by atoms with van der Waals surface area (Å²) in [6, 6.07) is 10.2. The van der Waals surface area contributed by atoms with Crippen molar-refractivity contribution in [3.63, 3.8) is 0 Å². The van der Waals surface area contributed by atoms with Gasteiger partial charge in [-0.3, -0.25) is 0 Å². The molecule has 6 nitrogen and oxygen atoms in total. The molecule has 3 aromatic rings. The van der Waals surface area contributed by atoms with Crippen molar-refractivity contribution < 1.29 is 48.8 Å². The average molecular weight is 412 g/mol. The Hall–Kier alpha value is -2.72. The standard InChI is InChI=1S/C20H15ClFNO5.Li.H/c1-26-18-8-11(21)5-6-16(18)28-17-10-15(22)14(20(24)25)9-13(17)12-4-3-7-23-19(12)27-2;;/h3-10H,1-2H3,(H,24,25);;/q;+1;-1. The van der Waals surface area contributed by atoms with Crippen molar-refractivity contribution in [2.24, 2.45) is 0 Å². The van der Waals surface area contributed by atoms with E-state index in [9.17, 15) is 14.3 Å². The molecule has 0 saturated heterocycles. The number of nitrogens with zero attached hydrogens (tertiary/aromatic N) is 1. The van der Waals surface area contributed by atoms with E-state index in [2.05, 4.69) is 4.98 Å². The van der Waals surface area contributed by atoms with E-state index in [1.165, 1.54) is 26.5 Å². The minimum absolute atomic E-state index is 0. The van der Waals surface area contributed by atoms with Crippen LogP contribution in [0.2, 0.25) is 5.02 Å². The van der Waals surface area contributed by atoms with Crippen LogP contribution < -0.4 is 33.1 Å². The zero-order chi connectivity index (χ0) is 20.3. The topological polar surface area (TPSA) is 77.9 Å². The molecular weight excluding hydrogens is 396 g/mol. The fourth-order valence-corrected chi connectivity index (χ4v) is 2.78. The molecule has 1 aromatic heterocycles. The molecule has 0 radical (unpaired) electrons. The minimum Gasteiger partial charge on any atom is -1.00 e. The van der Waals surface area contributed by atoms with Crippen molar-refractivity contribution in [1.29, 1.82) is 0 Å². The normalized spacial score (nSPS) is 10.1. The first-order chi connectivity index (χ1) is 13.4. The number of carboxylic acids is 1. The van der Waals surface area contributed by atoms with Gasteiger partial charge in [-0.2, -0.15) is 0 Å². The maximum atomic E-state index is 14.4. The fraction of sp³-hybridized carbons (Fsp3) is 0.100. The number of carboxylic acid groups (broad SMARTS) is 1. The van der Waals surface area contributed by atoms with Crippen LogP contribution >= 0.6 is 11.6 Å². The van der Waals surface area contributed by atoms with E-state index < -0.39 is 17.3 Å². The molecule has 0 aliphatic rings. The van der Waals surface area contributed by atoms with Gasteiger partial charge in [0.2, 0.25) is 5.88 Å². The molecule has 0 unspecified atom stereocenters. The molecule has 0 spiro atoms. The van der Waals surface area contributed by atoms with E-state index in [1.807, 2.05) is 0 Å². The fourth-order valence-electron chi connectivity index (χ4n) is 2.62. The summed E-state index contributed by atoms with van der Waals surface area (Å²) in [5.74, 6) is -1.44. The minimum atomic E-state index is -1.41. The molecule has 9 heteroatoms. The van der Waals surface area contributed by atoms with Crippen molar-refractivity contribution in [1.82, 2.24) is 4.98 Å². The van der Waals surface area contributed by atoms with Gasteiger partial charge in [0.1, 0.15) is 11.6 Å². The molecule has 1 N–H and O–H groups in total. The second-order valence-corrected chi connectivity index (χ2v) is 6.03. The molecule has 1 heterocycles. The second kappa shape index (κ2) is 9.66. The number of hydrogen-bond acceptors (Lipinski definition) is 5. The molecule has 0 aliphatic carbocycles. The van der Waals surface area contributed by atoms with Gasteiger partial charge in [0, 0.05) is 34.5 Å². The van der Waals surface area contributed by atoms with Crippen molar-refractivity contribution >= 4 is 17.6 Å². The van der Waals surface area contributed by atoms with E-state index in [0.717, 1.165) is 6.07 Å². The zero-order valence-electron chi connectivity index (χ0n) is 16.9. The van der Waals surface area contributed by atoms with Crippen molar-refractivity contribution in [3.8, 4) is 34.3 Å². The van der Waals surface area contributed by atoms with Crippen LogP contribution in [0.4, 0.5) is 4.39 Å². The van der Waals surface area contributed by atoms with Gasteiger partial charge in [-0.1, -0.05) is 11.6 Å². The Morgan fingerprint density at radius 1 is 1.07 bits per heavy atom. The van der Waals surface area contributed by atoms with Gasteiger partial charge in [0.25, 0.3) is 0 Å². The van der Waals surface area contributed by atoms with Crippen LogP contribution in [0, 0.1) is 5.82 Å². The van der Waals surface area contributed by atoms with Gasteiger partial charge < -0.3 is 20.7 Å². The predicted octanol–water partition coefficient (Wildman–Crippen LogP) is 2.17. The van der Waals surface area contributed by atoms with Crippen molar-refractivity contribution in [3.05, 3.63) is 65.1 Å². The van der Waals surface area contributed by atoms with Gasteiger partial charge in [0.15, 0.2) is 11.5 Å². The van der Waals surface area contributed by atoms with Crippen LogP contribution in [0.5, 0.6) is 23.1 Å². The molecule has 0 atom stereocenters. The molecular formula is C20H16ClFLiNO5. The molecule has 146 valence electrons. The first-order valence-electron chi connectivity index (χ1n) is 8.02. The Kier molecular flexibility index (Phi) is 7.51. The number of ether oxygens (including phenoxy) is 3. The number of halogens is 2. The molecule has 0 bridgehead atoms. The second-order valence-electron chi connectivity index (χ2n) is 5.59. The van der Waals surface area contributed by atoms with Gasteiger partial charge in [0.05, 0.1) is 19.8 Å². The van der Waals surface area contributed by atoms with Crippen molar-refractivity contribution in [2.75, 3.05) is 14.2 Å². The third-order valence-electron chi connectivity index (χ3n) is 3.90. The Morgan fingerprint density at radius 2 is 1.83 bits per heavy atom. The van der Waals surface area contributed by atoms with Crippen LogP contribution in [0.15, 0.2) is 48.7 Å². The summed E-state index contributed by atoms with van der Waals surface area (Å²) in [6.45, 7) is 0. The van der Waals surface area contributed by atoms with Crippen LogP contribution in [-0.2, 0) is 0 Å². The summed E-state index contributed by atoms with van der Waals surface area (Å²) < 4.78 is 30.7. The SMILES string of the molecule is COc1cc(Cl)ccc1Oc1cc(F)c(C(=O)O)cc1-c1cccnc1OC.[H-].[Li+]. The van der Waals surface area contributed by atoms with E-state index in [-0.39, 0.29) is 37.7 Å². The molecule has 0 fully saturated rings.